The third-order valence-electron chi connectivity index (χ3n) is 2.39. The molecule has 0 spiro atoms. The molecular weight excluding hydrogens is 206 g/mol. The Morgan fingerprint density at radius 3 is 2.60 bits per heavy atom. The number of rotatable bonds is 0. The van der Waals surface area contributed by atoms with Gasteiger partial charge in [-0.3, -0.25) is 4.68 Å². The highest BCUT2D eigenvalue weighted by Gasteiger charge is 2.22. The quantitative estimate of drug-likeness (QED) is 0.693. The van der Waals surface area contributed by atoms with E-state index in [4.69, 9.17) is 0 Å². The second-order valence-electron chi connectivity index (χ2n) is 4.79. The minimum atomic E-state index is 0.0623. The van der Waals surface area contributed by atoms with Crippen LogP contribution in [0.1, 0.15) is 26.5 Å². The van der Waals surface area contributed by atoms with E-state index in [1.54, 1.807) is 6.20 Å². The summed E-state index contributed by atoms with van der Waals surface area (Å²) in [6.45, 7) is 6.53. The zero-order chi connectivity index (χ0) is 11.2. The van der Waals surface area contributed by atoms with Gasteiger partial charge in [0.15, 0.2) is 5.65 Å². The number of fused-ring (bicyclic) bond motifs is 1. The van der Waals surface area contributed by atoms with Gasteiger partial charge in [0.05, 0.1) is 5.69 Å². The summed E-state index contributed by atoms with van der Waals surface area (Å²) < 4.78 is 1.91. The molecule has 2 aromatic heterocycles. The molecule has 0 fully saturated rings. The molecule has 0 aromatic carbocycles. The summed E-state index contributed by atoms with van der Waals surface area (Å²) in [5.74, 6) is 0. The highest BCUT2D eigenvalue weighted by molar-refractivity contribution is 7.80. The maximum atomic E-state index is 4.39. The first-order valence-corrected chi connectivity index (χ1v) is 5.36. The monoisotopic (exact) mass is 221 g/mol. The molecule has 0 unspecified atom stereocenters. The van der Waals surface area contributed by atoms with Crippen molar-refractivity contribution < 1.29 is 0 Å². The molecule has 0 saturated heterocycles. The predicted octanol–water partition coefficient (Wildman–Crippen LogP) is 2.55. The van der Waals surface area contributed by atoms with Crippen LogP contribution in [0.2, 0.25) is 0 Å². The smallest absolute Gasteiger partial charge is 0.181 e. The molecule has 0 N–H and O–H groups in total. The van der Waals surface area contributed by atoms with Crippen molar-refractivity contribution in [2.24, 2.45) is 7.05 Å². The highest BCUT2D eigenvalue weighted by Crippen LogP contribution is 2.29. The molecule has 2 rings (SSSR count). The van der Waals surface area contributed by atoms with E-state index in [0.29, 0.717) is 0 Å². The third kappa shape index (κ3) is 1.74. The van der Waals surface area contributed by atoms with Gasteiger partial charge in [0.2, 0.25) is 0 Å². The van der Waals surface area contributed by atoms with E-state index in [1.165, 1.54) is 5.69 Å². The zero-order valence-corrected chi connectivity index (χ0v) is 10.3. The van der Waals surface area contributed by atoms with Gasteiger partial charge in [-0.25, -0.2) is 4.98 Å². The van der Waals surface area contributed by atoms with Crippen LogP contribution in [0.4, 0.5) is 0 Å². The number of thiol groups is 1. The van der Waals surface area contributed by atoms with Crippen LogP contribution in [0.5, 0.6) is 0 Å². The lowest BCUT2D eigenvalue weighted by Crippen LogP contribution is -2.16. The van der Waals surface area contributed by atoms with E-state index in [2.05, 4.69) is 43.5 Å². The standard InChI is InChI=1S/C11H15N3S/c1-11(2,3)9-8-5-7(15)6-12-10(8)13-14(9)4/h5-6,15H,1-4H3. The fourth-order valence-electron chi connectivity index (χ4n) is 1.96. The number of aromatic nitrogens is 3. The molecule has 2 aromatic rings. The lowest BCUT2D eigenvalue weighted by molar-refractivity contribution is 0.528. The number of aryl methyl sites for hydroxylation is 1. The van der Waals surface area contributed by atoms with E-state index in [9.17, 15) is 0 Å². The fraction of sp³-hybridized carbons (Fsp3) is 0.455. The van der Waals surface area contributed by atoms with Gasteiger partial charge >= 0.3 is 0 Å². The van der Waals surface area contributed by atoms with Crippen LogP contribution >= 0.6 is 12.6 Å². The summed E-state index contributed by atoms with van der Waals surface area (Å²) in [5, 5.41) is 5.49. The Labute approximate surface area is 94.9 Å². The number of hydrogen-bond donors (Lipinski definition) is 1. The van der Waals surface area contributed by atoms with Crippen LogP contribution in [-0.4, -0.2) is 14.8 Å². The first-order valence-electron chi connectivity index (χ1n) is 4.92. The Morgan fingerprint density at radius 1 is 1.33 bits per heavy atom. The van der Waals surface area contributed by atoms with Crippen LogP contribution in [0.3, 0.4) is 0 Å². The maximum absolute atomic E-state index is 4.39. The molecule has 0 atom stereocenters. The van der Waals surface area contributed by atoms with E-state index in [1.807, 2.05) is 17.8 Å². The zero-order valence-electron chi connectivity index (χ0n) is 9.44. The van der Waals surface area contributed by atoms with Gasteiger partial charge in [0, 0.05) is 28.9 Å². The van der Waals surface area contributed by atoms with Crippen molar-refractivity contribution in [2.75, 3.05) is 0 Å². The number of pyridine rings is 1. The van der Waals surface area contributed by atoms with E-state index in [0.717, 1.165) is 15.9 Å². The lowest BCUT2D eigenvalue weighted by Gasteiger charge is -2.19. The van der Waals surface area contributed by atoms with Gasteiger partial charge in [0.1, 0.15) is 0 Å². The molecule has 0 aliphatic carbocycles. The topological polar surface area (TPSA) is 30.7 Å². The SMILES string of the molecule is Cn1nc2ncc(S)cc2c1C(C)(C)C. The van der Waals surface area contributed by atoms with Gasteiger partial charge in [-0.1, -0.05) is 20.8 Å². The minimum Gasteiger partial charge on any atom is -0.269 e. The molecule has 3 nitrogen and oxygen atoms in total. The molecule has 0 aliphatic rings. The van der Waals surface area contributed by atoms with Crippen molar-refractivity contribution in [3.05, 3.63) is 18.0 Å². The largest absolute Gasteiger partial charge is 0.269 e. The molecule has 4 heteroatoms. The summed E-state index contributed by atoms with van der Waals surface area (Å²) in [4.78, 5) is 5.14. The highest BCUT2D eigenvalue weighted by atomic mass is 32.1. The average Bonchev–Trinajstić information content (AvgIpc) is 2.38. The fourth-order valence-corrected chi connectivity index (χ4v) is 2.14. The van der Waals surface area contributed by atoms with Crippen LogP contribution in [-0.2, 0) is 12.5 Å². The summed E-state index contributed by atoms with van der Waals surface area (Å²) in [7, 11) is 1.96. The Morgan fingerprint density at radius 2 is 2.00 bits per heavy atom. The summed E-state index contributed by atoms with van der Waals surface area (Å²) in [6, 6.07) is 2.03. The van der Waals surface area contributed by atoms with Crippen molar-refractivity contribution >= 4 is 23.7 Å². The summed E-state index contributed by atoms with van der Waals surface area (Å²) in [5.41, 5.74) is 2.05. The maximum Gasteiger partial charge on any atom is 0.181 e. The minimum absolute atomic E-state index is 0.0623. The van der Waals surface area contributed by atoms with Crippen molar-refractivity contribution in [3.63, 3.8) is 0 Å². The van der Waals surface area contributed by atoms with Gasteiger partial charge in [-0.05, 0) is 6.07 Å². The van der Waals surface area contributed by atoms with Gasteiger partial charge in [0.25, 0.3) is 0 Å². The molecule has 2 heterocycles. The summed E-state index contributed by atoms with van der Waals surface area (Å²) in [6.07, 6.45) is 1.73. The summed E-state index contributed by atoms with van der Waals surface area (Å²) >= 11 is 4.31. The number of hydrogen-bond acceptors (Lipinski definition) is 3. The second kappa shape index (κ2) is 3.23. The Bertz CT molecular complexity index is 508. The van der Waals surface area contributed by atoms with E-state index in [-0.39, 0.29) is 5.41 Å². The van der Waals surface area contributed by atoms with E-state index < -0.39 is 0 Å². The van der Waals surface area contributed by atoms with Crippen LogP contribution < -0.4 is 0 Å². The van der Waals surface area contributed by atoms with Crippen molar-refractivity contribution in [2.45, 2.75) is 31.1 Å². The molecule has 0 saturated carbocycles. The predicted molar refractivity (Wildman–Crippen MR) is 64.5 cm³/mol. The molecular formula is C11H15N3S. The molecule has 15 heavy (non-hydrogen) atoms. The molecule has 0 bridgehead atoms. The second-order valence-corrected chi connectivity index (χ2v) is 5.30. The first-order chi connectivity index (χ1) is 6.89. The molecule has 0 radical (unpaired) electrons. The van der Waals surface area contributed by atoms with Gasteiger partial charge in [-0.2, -0.15) is 5.10 Å². The van der Waals surface area contributed by atoms with Crippen LogP contribution in [0, 0.1) is 0 Å². The van der Waals surface area contributed by atoms with Gasteiger partial charge in [-0.15, -0.1) is 12.6 Å². The van der Waals surface area contributed by atoms with Crippen molar-refractivity contribution in [3.8, 4) is 0 Å². The Hall–Kier alpha value is -1.03. The van der Waals surface area contributed by atoms with Crippen molar-refractivity contribution in [1.82, 2.24) is 14.8 Å². The lowest BCUT2D eigenvalue weighted by atomic mass is 9.90. The Kier molecular flexibility index (Phi) is 2.26. The van der Waals surface area contributed by atoms with Crippen molar-refractivity contribution in [1.29, 1.82) is 0 Å². The van der Waals surface area contributed by atoms with Crippen LogP contribution in [0.25, 0.3) is 11.0 Å². The van der Waals surface area contributed by atoms with Gasteiger partial charge < -0.3 is 0 Å². The third-order valence-corrected chi connectivity index (χ3v) is 2.63. The average molecular weight is 221 g/mol. The van der Waals surface area contributed by atoms with Crippen LogP contribution in [0.15, 0.2) is 17.2 Å². The number of nitrogens with zero attached hydrogens (tertiary/aromatic N) is 3. The molecule has 0 amide bonds. The Balaban J connectivity index is 2.82. The molecule has 0 aliphatic heterocycles. The normalized spacial score (nSPS) is 12.3. The first kappa shape index (κ1) is 10.5. The molecule has 80 valence electrons. The van der Waals surface area contributed by atoms with E-state index >= 15 is 0 Å².